The molecule has 0 fully saturated rings. The Balaban J connectivity index is 0.00000245. The third-order valence-corrected chi connectivity index (χ3v) is 5.58. The van der Waals surface area contributed by atoms with Crippen molar-refractivity contribution in [1.82, 2.24) is 24.5 Å². The van der Waals surface area contributed by atoms with Gasteiger partial charge in [-0.2, -0.15) is 10.4 Å². The summed E-state index contributed by atoms with van der Waals surface area (Å²) in [4.78, 5) is 0. The summed E-state index contributed by atoms with van der Waals surface area (Å²) < 4.78 is 3.96. The molecular formula is C25H23ClN6. The van der Waals surface area contributed by atoms with Crippen LogP contribution in [0.1, 0.15) is 36.5 Å². The summed E-state index contributed by atoms with van der Waals surface area (Å²) in [6.45, 7) is 0.853. The zero-order valence-corrected chi connectivity index (χ0v) is 18.4. The summed E-state index contributed by atoms with van der Waals surface area (Å²) in [5.41, 5.74) is 4.17. The number of halogens is 1. The number of benzene rings is 2. The van der Waals surface area contributed by atoms with E-state index >= 15 is 0 Å². The number of nitriles is 1. The fourth-order valence-corrected chi connectivity index (χ4v) is 4.01. The van der Waals surface area contributed by atoms with Crippen molar-refractivity contribution in [3.05, 3.63) is 84.1 Å². The van der Waals surface area contributed by atoms with E-state index in [0.717, 1.165) is 54.1 Å². The zero-order chi connectivity index (χ0) is 21.0. The van der Waals surface area contributed by atoms with Gasteiger partial charge in [-0.25, -0.2) is 4.68 Å². The third kappa shape index (κ3) is 4.20. The zero-order valence-electron chi connectivity index (χ0n) is 17.6. The first-order valence-electron chi connectivity index (χ1n) is 10.6. The molecule has 0 radical (unpaired) electrons. The molecule has 160 valence electrons. The number of fused-ring (bicyclic) bond motifs is 1. The van der Waals surface area contributed by atoms with Crippen molar-refractivity contribution >= 4 is 24.1 Å². The van der Waals surface area contributed by atoms with Crippen LogP contribution in [-0.2, 0) is 13.0 Å². The first kappa shape index (κ1) is 21.5. The molecule has 0 N–H and O–H groups in total. The maximum absolute atomic E-state index is 9.99. The number of aromatic nitrogens is 5. The molecule has 0 amide bonds. The van der Waals surface area contributed by atoms with Gasteiger partial charge in [0.25, 0.3) is 0 Å². The Morgan fingerprint density at radius 3 is 2.44 bits per heavy atom. The van der Waals surface area contributed by atoms with Gasteiger partial charge < -0.3 is 4.57 Å². The van der Waals surface area contributed by atoms with E-state index in [9.17, 15) is 5.26 Å². The SMILES string of the molecule is Cl.N#CC(=Cc1cn(-c2ccccc2)nc1-c1ccccc1)c1nnc2n1CCCCC2. The van der Waals surface area contributed by atoms with E-state index in [4.69, 9.17) is 5.10 Å². The quantitative estimate of drug-likeness (QED) is 0.400. The number of rotatable bonds is 4. The topological polar surface area (TPSA) is 72.3 Å². The number of aryl methyl sites for hydroxylation is 1. The van der Waals surface area contributed by atoms with Crippen molar-refractivity contribution in [3.8, 4) is 23.0 Å². The first-order valence-corrected chi connectivity index (χ1v) is 10.6. The van der Waals surface area contributed by atoms with Crippen LogP contribution in [0, 0.1) is 11.3 Å². The molecule has 0 atom stereocenters. The first-order chi connectivity index (χ1) is 15.3. The summed E-state index contributed by atoms with van der Waals surface area (Å²) in [6.07, 6.45) is 8.14. The third-order valence-electron chi connectivity index (χ3n) is 5.58. The van der Waals surface area contributed by atoms with E-state index in [2.05, 4.69) is 20.8 Å². The van der Waals surface area contributed by atoms with E-state index in [0.29, 0.717) is 11.4 Å². The highest BCUT2D eigenvalue weighted by Gasteiger charge is 2.19. The summed E-state index contributed by atoms with van der Waals surface area (Å²) >= 11 is 0. The number of para-hydroxylation sites is 1. The highest BCUT2D eigenvalue weighted by atomic mass is 35.5. The van der Waals surface area contributed by atoms with Gasteiger partial charge in [-0.05, 0) is 31.1 Å². The molecule has 4 aromatic rings. The number of hydrogen-bond donors (Lipinski definition) is 0. The second kappa shape index (κ2) is 9.63. The van der Waals surface area contributed by atoms with E-state index in [1.54, 1.807) is 0 Å². The van der Waals surface area contributed by atoms with Crippen LogP contribution in [0.2, 0.25) is 0 Å². The van der Waals surface area contributed by atoms with Crippen LogP contribution in [0.25, 0.3) is 28.6 Å². The number of nitrogens with zero attached hydrogens (tertiary/aromatic N) is 6. The van der Waals surface area contributed by atoms with Crippen LogP contribution in [0.5, 0.6) is 0 Å². The van der Waals surface area contributed by atoms with Crippen LogP contribution in [0.4, 0.5) is 0 Å². The van der Waals surface area contributed by atoms with Crippen molar-refractivity contribution in [2.75, 3.05) is 0 Å². The van der Waals surface area contributed by atoms with Gasteiger partial charge in [0.05, 0.1) is 17.0 Å². The highest BCUT2D eigenvalue weighted by molar-refractivity contribution is 5.90. The van der Waals surface area contributed by atoms with Crippen LogP contribution >= 0.6 is 12.4 Å². The predicted octanol–water partition coefficient (Wildman–Crippen LogP) is 5.34. The molecule has 2 aromatic heterocycles. The molecule has 0 spiro atoms. The van der Waals surface area contributed by atoms with Gasteiger partial charge in [0.2, 0.25) is 0 Å². The van der Waals surface area contributed by atoms with Crippen molar-refractivity contribution in [2.45, 2.75) is 32.2 Å². The second-order valence-electron chi connectivity index (χ2n) is 7.65. The number of hydrogen-bond acceptors (Lipinski definition) is 4. The molecule has 1 aliphatic rings. The highest BCUT2D eigenvalue weighted by Crippen LogP contribution is 2.28. The van der Waals surface area contributed by atoms with E-state index < -0.39 is 0 Å². The Bertz CT molecular complexity index is 1270. The van der Waals surface area contributed by atoms with Crippen LogP contribution in [-0.4, -0.2) is 24.5 Å². The second-order valence-corrected chi connectivity index (χ2v) is 7.65. The van der Waals surface area contributed by atoms with Crippen LogP contribution in [0.15, 0.2) is 66.9 Å². The van der Waals surface area contributed by atoms with Gasteiger partial charge in [0.1, 0.15) is 11.9 Å². The average Bonchev–Trinajstić information content (AvgIpc) is 3.35. The molecule has 6 nitrogen and oxygen atoms in total. The van der Waals surface area contributed by atoms with Gasteiger partial charge in [-0.1, -0.05) is 55.0 Å². The molecule has 7 heteroatoms. The molecule has 3 heterocycles. The minimum absolute atomic E-state index is 0. The monoisotopic (exact) mass is 442 g/mol. The van der Waals surface area contributed by atoms with E-state index in [-0.39, 0.29) is 12.4 Å². The molecule has 0 unspecified atom stereocenters. The lowest BCUT2D eigenvalue weighted by Crippen LogP contribution is -2.05. The van der Waals surface area contributed by atoms with Crippen molar-refractivity contribution < 1.29 is 0 Å². The average molecular weight is 443 g/mol. The van der Waals surface area contributed by atoms with Crippen LogP contribution < -0.4 is 0 Å². The van der Waals surface area contributed by atoms with Gasteiger partial charge in [0.15, 0.2) is 5.82 Å². The Morgan fingerprint density at radius 2 is 1.69 bits per heavy atom. The summed E-state index contributed by atoms with van der Waals surface area (Å²) in [5.74, 6) is 1.61. The van der Waals surface area contributed by atoms with Crippen molar-refractivity contribution in [3.63, 3.8) is 0 Å². The Labute approximate surface area is 193 Å². The maximum atomic E-state index is 9.99. The molecule has 1 aliphatic heterocycles. The molecular weight excluding hydrogens is 420 g/mol. The van der Waals surface area contributed by atoms with E-state index in [1.807, 2.05) is 77.6 Å². The lowest BCUT2D eigenvalue weighted by atomic mass is 10.1. The Hall–Kier alpha value is -3.69. The van der Waals surface area contributed by atoms with Gasteiger partial charge in [0, 0.05) is 30.3 Å². The predicted molar refractivity (Wildman–Crippen MR) is 127 cm³/mol. The molecule has 0 saturated carbocycles. The molecule has 0 saturated heterocycles. The van der Waals surface area contributed by atoms with Crippen molar-refractivity contribution in [1.29, 1.82) is 5.26 Å². The minimum Gasteiger partial charge on any atom is -0.310 e. The van der Waals surface area contributed by atoms with Gasteiger partial charge in [-0.3, -0.25) is 0 Å². The lowest BCUT2D eigenvalue weighted by molar-refractivity contribution is 0.627. The summed E-state index contributed by atoms with van der Waals surface area (Å²) in [5, 5.41) is 23.6. The summed E-state index contributed by atoms with van der Waals surface area (Å²) in [7, 11) is 0. The molecule has 2 aromatic carbocycles. The maximum Gasteiger partial charge on any atom is 0.174 e. The van der Waals surface area contributed by atoms with Gasteiger partial charge >= 0.3 is 0 Å². The van der Waals surface area contributed by atoms with Crippen LogP contribution in [0.3, 0.4) is 0 Å². The van der Waals surface area contributed by atoms with E-state index in [1.165, 1.54) is 6.42 Å². The molecule has 5 rings (SSSR count). The molecule has 0 aliphatic carbocycles. The summed E-state index contributed by atoms with van der Waals surface area (Å²) in [6, 6.07) is 22.4. The largest absolute Gasteiger partial charge is 0.310 e. The molecule has 0 bridgehead atoms. The number of allylic oxidation sites excluding steroid dienone is 1. The Kier molecular flexibility index (Phi) is 6.48. The van der Waals surface area contributed by atoms with Gasteiger partial charge in [-0.15, -0.1) is 22.6 Å². The lowest BCUT2D eigenvalue weighted by Gasteiger charge is -2.06. The Morgan fingerprint density at radius 1 is 0.938 bits per heavy atom. The normalized spacial score (nSPS) is 13.5. The molecule has 32 heavy (non-hydrogen) atoms. The smallest absolute Gasteiger partial charge is 0.174 e. The fourth-order valence-electron chi connectivity index (χ4n) is 4.01. The minimum atomic E-state index is 0. The van der Waals surface area contributed by atoms with Crippen molar-refractivity contribution in [2.24, 2.45) is 0 Å². The standard InChI is InChI=1S/C25H22N6.ClH/c26-17-20(25-28-27-23-14-8-3-9-15-30(23)25)16-21-18-31(22-12-6-2-7-13-22)29-24(21)19-10-4-1-5-11-19;/h1-2,4-7,10-13,16,18H,3,8-9,14-15H2;1H. The fraction of sp³-hybridized carbons (Fsp3) is 0.200.